The zero-order chi connectivity index (χ0) is 14.8. The van der Waals surface area contributed by atoms with Gasteiger partial charge in [-0.15, -0.1) is 0 Å². The van der Waals surface area contributed by atoms with Crippen LogP contribution in [0.3, 0.4) is 0 Å². The average molecular weight is 276 g/mol. The second-order valence-corrected chi connectivity index (χ2v) is 6.91. The van der Waals surface area contributed by atoms with E-state index in [4.69, 9.17) is 4.98 Å². The summed E-state index contributed by atoms with van der Waals surface area (Å²) in [5.41, 5.74) is -0.0262. The molecule has 1 aliphatic heterocycles. The Morgan fingerprint density at radius 1 is 1.35 bits per heavy atom. The number of aromatic nitrogens is 2. The van der Waals surface area contributed by atoms with Crippen molar-refractivity contribution in [1.29, 1.82) is 0 Å². The number of hydrogen-bond donors (Lipinski definition) is 1. The van der Waals surface area contributed by atoms with Crippen LogP contribution in [-0.4, -0.2) is 29.6 Å². The van der Waals surface area contributed by atoms with Gasteiger partial charge in [0.05, 0.1) is 0 Å². The molecule has 1 aromatic heterocycles. The summed E-state index contributed by atoms with van der Waals surface area (Å²) in [6.45, 7) is 14.0. The molecule has 4 nitrogen and oxygen atoms in total. The van der Waals surface area contributed by atoms with E-state index in [0.717, 1.165) is 43.0 Å². The van der Waals surface area contributed by atoms with E-state index >= 15 is 0 Å². The Balaban J connectivity index is 2.33. The highest BCUT2D eigenvalue weighted by Crippen LogP contribution is 2.27. The van der Waals surface area contributed by atoms with Crippen molar-refractivity contribution >= 4 is 11.6 Å². The van der Waals surface area contributed by atoms with Gasteiger partial charge in [0.15, 0.2) is 0 Å². The number of anilines is 2. The largest absolute Gasteiger partial charge is 0.370 e. The van der Waals surface area contributed by atoms with Crippen molar-refractivity contribution in [3.63, 3.8) is 0 Å². The lowest BCUT2D eigenvalue weighted by Gasteiger charge is -2.32. The van der Waals surface area contributed by atoms with Gasteiger partial charge in [0, 0.05) is 31.1 Å². The molecule has 20 heavy (non-hydrogen) atoms. The Bertz CT molecular complexity index is 450. The summed E-state index contributed by atoms with van der Waals surface area (Å²) < 4.78 is 0. The fourth-order valence-electron chi connectivity index (χ4n) is 2.60. The summed E-state index contributed by atoms with van der Waals surface area (Å²) in [5.74, 6) is 3.69. The second-order valence-electron chi connectivity index (χ2n) is 6.91. The van der Waals surface area contributed by atoms with Crippen LogP contribution >= 0.6 is 0 Å². The first kappa shape index (κ1) is 15.1. The molecule has 1 atom stereocenters. The van der Waals surface area contributed by atoms with Gasteiger partial charge in [-0.25, -0.2) is 9.97 Å². The molecule has 0 amide bonds. The normalized spacial score (nSPS) is 20.1. The average Bonchev–Trinajstić information content (AvgIpc) is 2.38. The SMILES string of the molecule is CCNc1cc(N2CCCC(C)C2)nc(C(C)(C)C)n1. The molecule has 1 N–H and O–H groups in total. The molecule has 0 aromatic carbocycles. The molecular weight excluding hydrogens is 248 g/mol. The maximum absolute atomic E-state index is 4.82. The van der Waals surface area contributed by atoms with Crippen molar-refractivity contribution in [1.82, 2.24) is 9.97 Å². The first-order valence-corrected chi connectivity index (χ1v) is 7.78. The van der Waals surface area contributed by atoms with Crippen molar-refractivity contribution in [3.05, 3.63) is 11.9 Å². The summed E-state index contributed by atoms with van der Waals surface area (Å²) in [6, 6.07) is 2.09. The van der Waals surface area contributed by atoms with Crippen LogP contribution in [0.5, 0.6) is 0 Å². The molecule has 0 radical (unpaired) electrons. The highest BCUT2D eigenvalue weighted by Gasteiger charge is 2.23. The molecule has 0 saturated carbocycles. The van der Waals surface area contributed by atoms with E-state index in [1.165, 1.54) is 12.8 Å². The van der Waals surface area contributed by atoms with E-state index in [1.807, 2.05) is 0 Å². The summed E-state index contributed by atoms with van der Waals surface area (Å²) >= 11 is 0. The van der Waals surface area contributed by atoms with Gasteiger partial charge in [-0.2, -0.15) is 0 Å². The molecule has 4 heteroatoms. The smallest absolute Gasteiger partial charge is 0.138 e. The highest BCUT2D eigenvalue weighted by atomic mass is 15.2. The van der Waals surface area contributed by atoms with Crippen LogP contribution in [0.15, 0.2) is 6.07 Å². The van der Waals surface area contributed by atoms with E-state index in [0.29, 0.717) is 0 Å². The predicted molar refractivity (Wildman–Crippen MR) is 85.5 cm³/mol. The fraction of sp³-hybridized carbons (Fsp3) is 0.750. The number of rotatable bonds is 3. The molecule has 1 aromatic rings. The third-order valence-corrected chi connectivity index (χ3v) is 3.72. The zero-order valence-electron chi connectivity index (χ0n) is 13.5. The Morgan fingerprint density at radius 3 is 2.70 bits per heavy atom. The van der Waals surface area contributed by atoms with Crippen LogP contribution < -0.4 is 10.2 Å². The molecule has 2 heterocycles. The van der Waals surface area contributed by atoms with Gasteiger partial charge in [0.2, 0.25) is 0 Å². The van der Waals surface area contributed by atoms with E-state index in [9.17, 15) is 0 Å². The number of piperidine rings is 1. The Labute approximate surface area is 123 Å². The quantitative estimate of drug-likeness (QED) is 0.918. The van der Waals surface area contributed by atoms with Crippen molar-refractivity contribution in [2.45, 2.75) is 52.9 Å². The Hall–Kier alpha value is -1.32. The van der Waals surface area contributed by atoms with Gasteiger partial charge in [-0.3, -0.25) is 0 Å². The molecule has 1 aliphatic rings. The van der Waals surface area contributed by atoms with Crippen molar-refractivity contribution < 1.29 is 0 Å². The van der Waals surface area contributed by atoms with Crippen LogP contribution in [-0.2, 0) is 5.41 Å². The lowest BCUT2D eigenvalue weighted by atomic mass is 9.95. The number of hydrogen-bond acceptors (Lipinski definition) is 4. The van der Waals surface area contributed by atoms with Crippen LogP contribution in [0, 0.1) is 5.92 Å². The van der Waals surface area contributed by atoms with Crippen LogP contribution in [0.2, 0.25) is 0 Å². The Morgan fingerprint density at radius 2 is 2.10 bits per heavy atom. The summed E-state index contributed by atoms with van der Waals surface area (Å²) in [6.07, 6.45) is 2.58. The topological polar surface area (TPSA) is 41.0 Å². The molecule has 0 spiro atoms. The van der Waals surface area contributed by atoms with Crippen molar-refractivity contribution in [2.75, 3.05) is 29.9 Å². The van der Waals surface area contributed by atoms with Crippen LogP contribution in [0.1, 0.15) is 53.3 Å². The lowest BCUT2D eigenvalue weighted by Crippen LogP contribution is -2.35. The molecule has 0 bridgehead atoms. The van der Waals surface area contributed by atoms with Gasteiger partial charge in [-0.1, -0.05) is 27.7 Å². The van der Waals surface area contributed by atoms with Crippen molar-refractivity contribution in [2.24, 2.45) is 5.92 Å². The van der Waals surface area contributed by atoms with E-state index in [-0.39, 0.29) is 5.41 Å². The van der Waals surface area contributed by atoms with Gasteiger partial charge >= 0.3 is 0 Å². The van der Waals surface area contributed by atoms with Gasteiger partial charge in [-0.05, 0) is 25.7 Å². The van der Waals surface area contributed by atoms with E-state index in [2.05, 4.69) is 55.9 Å². The third-order valence-electron chi connectivity index (χ3n) is 3.72. The minimum Gasteiger partial charge on any atom is -0.370 e. The fourth-order valence-corrected chi connectivity index (χ4v) is 2.60. The first-order valence-electron chi connectivity index (χ1n) is 7.78. The predicted octanol–water partition coefficient (Wildman–Crippen LogP) is 3.44. The number of nitrogens with zero attached hydrogens (tertiary/aromatic N) is 3. The van der Waals surface area contributed by atoms with E-state index < -0.39 is 0 Å². The van der Waals surface area contributed by atoms with E-state index in [1.54, 1.807) is 0 Å². The zero-order valence-corrected chi connectivity index (χ0v) is 13.5. The minimum atomic E-state index is -0.0262. The number of nitrogens with one attached hydrogen (secondary N) is 1. The summed E-state index contributed by atoms with van der Waals surface area (Å²) in [7, 11) is 0. The minimum absolute atomic E-state index is 0.0262. The molecule has 1 fully saturated rings. The maximum atomic E-state index is 4.82. The molecular formula is C16H28N4. The monoisotopic (exact) mass is 276 g/mol. The first-order chi connectivity index (χ1) is 9.40. The third kappa shape index (κ3) is 3.62. The second kappa shape index (κ2) is 5.98. The molecule has 112 valence electrons. The van der Waals surface area contributed by atoms with Gasteiger partial charge < -0.3 is 10.2 Å². The van der Waals surface area contributed by atoms with Crippen molar-refractivity contribution in [3.8, 4) is 0 Å². The molecule has 2 rings (SSSR count). The molecule has 1 unspecified atom stereocenters. The molecule has 0 aliphatic carbocycles. The maximum Gasteiger partial charge on any atom is 0.138 e. The highest BCUT2D eigenvalue weighted by molar-refractivity contribution is 5.50. The summed E-state index contributed by atoms with van der Waals surface area (Å²) in [4.78, 5) is 11.9. The summed E-state index contributed by atoms with van der Waals surface area (Å²) in [5, 5.41) is 3.33. The lowest BCUT2D eigenvalue weighted by molar-refractivity contribution is 0.442. The van der Waals surface area contributed by atoms with Crippen LogP contribution in [0.4, 0.5) is 11.6 Å². The van der Waals surface area contributed by atoms with Gasteiger partial charge in [0.25, 0.3) is 0 Å². The Kier molecular flexibility index (Phi) is 4.51. The standard InChI is InChI=1S/C16H28N4/c1-6-17-13-10-14(19-15(18-13)16(3,4)5)20-9-7-8-12(2)11-20/h10,12H,6-9,11H2,1-5H3,(H,17,18,19). The van der Waals surface area contributed by atoms with Crippen LogP contribution in [0.25, 0.3) is 0 Å². The van der Waals surface area contributed by atoms with Gasteiger partial charge in [0.1, 0.15) is 17.5 Å². The molecule has 1 saturated heterocycles.